The summed E-state index contributed by atoms with van der Waals surface area (Å²) in [6.45, 7) is 3.04. The summed E-state index contributed by atoms with van der Waals surface area (Å²) >= 11 is 7.93. The Hall–Kier alpha value is -0.320. The molecule has 1 aromatic rings. The minimum absolute atomic E-state index is 0.557. The molecule has 1 aliphatic carbocycles. The second-order valence-corrected chi connectivity index (χ2v) is 6.17. The van der Waals surface area contributed by atoms with Gasteiger partial charge in [-0.25, -0.2) is 9.97 Å². The monoisotopic (exact) mass is 271 g/mol. The summed E-state index contributed by atoms with van der Waals surface area (Å²) in [4.78, 5) is 11.2. The van der Waals surface area contributed by atoms with Crippen molar-refractivity contribution in [2.75, 3.05) is 26.4 Å². The third-order valence-corrected chi connectivity index (χ3v) is 4.20. The summed E-state index contributed by atoms with van der Waals surface area (Å²) in [6.07, 6.45) is 2.42. The Balaban J connectivity index is 2.08. The van der Waals surface area contributed by atoms with Gasteiger partial charge in [-0.15, -0.1) is 11.8 Å². The molecule has 1 aliphatic rings. The normalized spacial score (nSPS) is 15.6. The number of halogens is 1. The molecule has 1 heterocycles. The van der Waals surface area contributed by atoms with E-state index in [1.54, 1.807) is 11.8 Å². The van der Waals surface area contributed by atoms with E-state index in [-0.39, 0.29) is 0 Å². The number of aromatic nitrogens is 2. The van der Waals surface area contributed by atoms with Crippen molar-refractivity contribution >= 4 is 23.4 Å². The van der Waals surface area contributed by atoms with Crippen LogP contribution in [0.25, 0.3) is 0 Å². The SMILES string of the molecule is Cc1c(Cl)nc(C2CC2)nc1SCCN(C)C. The first-order valence-electron chi connectivity index (χ1n) is 5.89. The molecule has 1 saturated carbocycles. The summed E-state index contributed by atoms with van der Waals surface area (Å²) in [7, 11) is 4.16. The van der Waals surface area contributed by atoms with Crippen LogP contribution < -0.4 is 0 Å². The third-order valence-electron chi connectivity index (χ3n) is 2.78. The Morgan fingerprint density at radius 1 is 1.35 bits per heavy atom. The Morgan fingerprint density at radius 2 is 2.06 bits per heavy atom. The van der Waals surface area contributed by atoms with Gasteiger partial charge in [0.05, 0.1) is 0 Å². The van der Waals surface area contributed by atoms with Crippen molar-refractivity contribution in [3.05, 3.63) is 16.5 Å². The standard InChI is InChI=1S/C12H18ClN3S/c1-8-10(13)14-11(9-4-5-9)15-12(8)17-7-6-16(2)3/h9H,4-7H2,1-3H3. The summed E-state index contributed by atoms with van der Waals surface area (Å²) in [6, 6.07) is 0. The number of hydrogen-bond acceptors (Lipinski definition) is 4. The van der Waals surface area contributed by atoms with Gasteiger partial charge in [0.2, 0.25) is 0 Å². The highest BCUT2D eigenvalue weighted by atomic mass is 35.5. The number of rotatable bonds is 5. The third kappa shape index (κ3) is 3.57. The van der Waals surface area contributed by atoms with E-state index in [0.717, 1.165) is 28.7 Å². The molecule has 2 rings (SSSR count). The molecule has 0 radical (unpaired) electrons. The molecule has 3 nitrogen and oxygen atoms in total. The molecule has 0 atom stereocenters. The van der Waals surface area contributed by atoms with E-state index in [2.05, 4.69) is 29.0 Å². The molecule has 0 amide bonds. The summed E-state index contributed by atoms with van der Waals surface area (Å²) in [5.41, 5.74) is 1.01. The number of nitrogens with zero attached hydrogens (tertiary/aromatic N) is 3. The molecule has 0 bridgehead atoms. The van der Waals surface area contributed by atoms with Gasteiger partial charge in [0.15, 0.2) is 0 Å². The number of thioether (sulfide) groups is 1. The Morgan fingerprint density at radius 3 is 2.65 bits per heavy atom. The molecule has 17 heavy (non-hydrogen) atoms. The fourth-order valence-corrected chi connectivity index (χ4v) is 2.83. The molecular weight excluding hydrogens is 254 g/mol. The van der Waals surface area contributed by atoms with Crippen LogP contribution in [0, 0.1) is 6.92 Å². The Labute approximate surface area is 112 Å². The van der Waals surface area contributed by atoms with Gasteiger partial charge in [-0.2, -0.15) is 0 Å². The fraction of sp³-hybridized carbons (Fsp3) is 0.667. The Bertz CT molecular complexity index is 405. The molecule has 0 aromatic carbocycles. The van der Waals surface area contributed by atoms with Crippen LogP contribution in [0.5, 0.6) is 0 Å². The molecule has 1 fully saturated rings. The largest absolute Gasteiger partial charge is 0.309 e. The average Bonchev–Trinajstić information content (AvgIpc) is 3.07. The van der Waals surface area contributed by atoms with Crippen LogP contribution in [0.4, 0.5) is 0 Å². The van der Waals surface area contributed by atoms with Gasteiger partial charge in [-0.1, -0.05) is 11.6 Å². The predicted molar refractivity (Wildman–Crippen MR) is 73.0 cm³/mol. The fourth-order valence-electron chi connectivity index (χ4n) is 1.48. The predicted octanol–water partition coefficient (Wildman–Crippen LogP) is 2.97. The molecule has 0 saturated heterocycles. The molecule has 0 unspecified atom stereocenters. The Kier molecular flexibility index (Phi) is 4.28. The minimum Gasteiger partial charge on any atom is -0.309 e. The average molecular weight is 272 g/mol. The first kappa shape index (κ1) is 13.1. The topological polar surface area (TPSA) is 29.0 Å². The molecule has 1 aromatic heterocycles. The van der Waals surface area contributed by atoms with Crippen LogP contribution in [-0.2, 0) is 0 Å². The van der Waals surface area contributed by atoms with Gasteiger partial charge in [-0.05, 0) is 33.9 Å². The van der Waals surface area contributed by atoms with Crippen LogP contribution in [0.1, 0.15) is 30.1 Å². The van der Waals surface area contributed by atoms with Crippen LogP contribution in [0.3, 0.4) is 0 Å². The maximum absolute atomic E-state index is 6.16. The van der Waals surface area contributed by atoms with Gasteiger partial charge >= 0.3 is 0 Å². The lowest BCUT2D eigenvalue weighted by Crippen LogP contribution is -2.15. The molecular formula is C12H18ClN3S. The van der Waals surface area contributed by atoms with Crippen LogP contribution >= 0.6 is 23.4 Å². The first-order chi connectivity index (χ1) is 8.08. The van der Waals surface area contributed by atoms with E-state index in [0.29, 0.717) is 11.1 Å². The second-order valence-electron chi connectivity index (χ2n) is 4.73. The van der Waals surface area contributed by atoms with Crippen molar-refractivity contribution in [1.82, 2.24) is 14.9 Å². The zero-order valence-electron chi connectivity index (χ0n) is 10.5. The van der Waals surface area contributed by atoms with E-state index in [1.165, 1.54) is 12.8 Å². The van der Waals surface area contributed by atoms with Crippen LogP contribution in [-0.4, -0.2) is 41.3 Å². The van der Waals surface area contributed by atoms with Crippen molar-refractivity contribution in [3.8, 4) is 0 Å². The summed E-state index contributed by atoms with van der Waals surface area (Å²) < 4.78 is 0. The van der Waals surface area contributed by atoms with Gasteiger partial charge in [0, 0.05) is 23.8 Å². The highest BCUT2D eigenvalue weighted by molar-refractivity contribution is 7.99. The summed E-state index contributed by atoms with van der Waals surface area (Å²) in [5.74, 6) is 2.53. The van der Waals surface area contributed by atoms with Crippen molar-refractivity contribution in [2.24, 2.45) is 0 Å². The van der Waals surface area contributed by atoms with Crippen molar-refractivity contribution in [1.29, 1.82) is 0 Å². The summed E-state index contributed by atoms with van der Waals surface area (Å²) in [5, 5.41) is 1.67. The number of hydrogen-bond donors (Lipinski definition) is 0. The zero-order valence-corrected chi connectivity index (χ0v) is 12.1. The first-order valence-corrected chi connectivity index (χ1v) is 7.26. The molecule has 94 valence electrons. The van der Waals surface area contributed by atoms with E-state index in [1.807, 2.05) is 6.92 Å². The van der Waals surface area contributed by atoms with E-state index < -0.39 is 0 Å². The van der Waals surface area contributed by atoms with Gasteiger partial charge in [0.1, 0.15) is 16.0 Å². The lowest BCUT2D eigenvalue weighted by molar-refractivity contribution is 0.437. The van der Waals surface area contributed by atoms with Crippen LogP contribution in [0.15, 0.2) is 5.03 Å². The molecule has 0 aliphatic heterocycles. The van der Waals surface area contributed by atoms with Crippen molar-refractivity contribution < 1.29 is 0 Å². The smallest absolute Gasteiger partial charge is 0.136 e. The highest BCUT2D eigenvalue weighted by Gasteiger charge is 2.27. The van der Waals surface area contributed by atoms with E-state index in [9.17, 15) is 0 Å². The zero-order chi connectivity index (χ0) is 12.4. The molecule has 0 N–H and O–H groups in total. The van der Waals surface area contributed by atoms with Gasteiger partial charge in [-0.3, -0.25) is 0 Å². The van der Waals surface area contributed by atoms with E-state index in [4.69, 9.17) is 11.6 Å². The lowest BCUT2D eigenvalue weighted by atomic mass is 10.3. The maximum atomic E-state index is 6.16. The van der Waals surface area contributed by atoms with E-state index >= 15 is 0 Å². The maximum Gasteiger partial charge on any atom is 0.136 e. The molecule has 5 heteroatoms. The molecule has 0 spiro atoms. The van der Waals surface area contributed by atoms with Crippen molar-refractivity contribution in [2.45, 2.75) is 30.7 Å². The quantitative estimate of drug-likeness (QED) is 0.608. The minimum atomic E-state index is 0.557. The van der Waals surface area contributed by atoms with Crippen molar-refractivity contribution in [3.63, 3.8) is 0 Å². The second kappa shape index (κ2) is 5.55. The highest BCUT2D eigenvalue weighted by Crippen LogP contribution is 2.39. The van der Waals surface area contributed by atoms with Gasteiger partial charge in [0.25, 0.3) is 0 Å². The van der Waals surface area contributed by atoms with Gasteiger partial charge < -0.3 is 4.90 Å². The lowest BCUT2D eigenvalue weighted by Gasteiger charge is -2.11. The van der Waals surface area contributed by atoms with Crippen LogP contribution in [0.2, 0.25) is 5.15 Å².